The van der Waals surface area contributed by atoms with Gasteiger partial charge in [0.2, 0.25) is 5.75 Å². The van der Waals surface area contributed by atoms with Crippen LogP contribution in [0.15, 0.2) is 41.5 Å². The SMILES string of the molecule is COc1cc(/C=N\Nc2ccc(C)cc2)cc(OC)c1OC(C)=O. The second kappa shape index (κ2) is 8.01. The smallest absolute Gasteiger partial charge is 0.308 e. The van der Waals surface area contributed by atoms with Gasteiger partial charge < -0.3 is 14.2 Å². The lowest BCUT2D eigenvalue weighted by Gasteiger charge is -2.13. The monoisotopic (exact) mass is 328 g/mol. The summed E-state index contributed by atoms with van der Waals surface area (Å²) in [5.74, 6) is 0.577. The van der Waals surface area contributed by atoms with E-state index in [0.29, 0.717) is 11.5 Å². The highest BCUT2D eigenvalue weighted by molar-refractivity contribution is 5.83. The summed E-state index contributed by atoms with van der Waals surface area (Å²) < 4.78 is 15.7. The average molecular weight is 328 g/mol. The van der Waals surface area contributed by atoms with Crippen molar-refractivity contribution in [3.8, 4) is 17.2 Å². The predicted octanol–water partition coefficient (Wildman–Crippen LogP) is 3.38. The van der Waals surface area contributed by atoms with Gasteiger partial charge in [-0.1, -0.05) is 17.7 Å². The van der Waals surface area contributed by atoms with Crippen LogP contribution in [0.1, 0.15) is 18.1 Å². The molecule has 1 N–H and O–H groups in total. The van der Waals surface area contributed by atoms with E-state index in [4.69, 9.17) is 14.2 Å². The van der Waals surface area contributed by atoms with Crippen LogP contribution in [0.4, 0.5) is 5.69 Å². The number of carbonyl (C=O) groups is 1. The van der Waals surface area contributed by atoms with E-state index in [9.17, 15) is 4.79 Å². The Kier molecular flexibility index (Phi) is 5.78. The first-order chi connectivity index (χ1) is 11.5. The van der Waals surface area contributed by atoms with E-state index < -0.39 is 5.97 Å². The number of methoxy groups -OCH3 is 2. The number of esters is 1. The molecule has 0 bridgehead atoms. The number of hydrazone groups is 1. The Balaban J connectivity index is 2.22. The van der Waals surface area contributed by atoms with Crippen LogP contribution in [0.2, 0.25) is 0 Å². The van der Waals surface area contributed by atoms with Gasteiger partial charge in [-0.25, -0.2) is 0 Å². The maximum absolute atomic E-state index is 11.2. The molecule has 0 aliphatic rings. The molecule has 0 aliphatic carbocycles. The Morgan fingerprint density at radius 2 is 1.67 bits per heavy atom. The van der Waals surface area contributed by atoms with Crippen LogP contribution in [0.3, 0.4) is 0 Å². The fourth-order valence-electron chi connectivity index (χ4n) is 2.03. The van der Waals surface area contributed by atoms with Gasteiger partial charge in [0, 0.05) is 12.5 Å². The minimum absolute atomic E-state index is 0.246. The van der Waals surface area contributed by atoms with Gasteiger partial charge in [-0.2, -0.15) is 5.10 Å². The van der Waals surface area contributed by atoms with Crippen LogP contribution in [0, 0.1) is 6.92 Å². The van der Waals surface area contributed by atoms with E-state index in [1.54, 1.807) is 18.3 Å². The normalized spacial score (nSPS) is 10.5. The number of benzene rings is 2. The Bertz CT molecular complexity index is 714. The second-order valence-corrected chi connectivity index (χ2v) is 5.08. The number of carbonyl (C=O) groups excluding carboxylic acids is 1. The summed E-state index contributed by atoms with van der Waals surface area (Å²) in [6.07, 6.45) is 1.63. The van der Waals surface area contributed by atoms with Crippen molar-refractivity contribution in [3.63, 3.8) is 0 Å². The lowest BCUT2D eigenvalue weighted by atomic mass is 10.2. The van der Waals surface area contributed by atoms with Crippen LogP contribution in [0.5, 0.6) is 17.2 Å². The molecule has 6 heteroatoms. The van der Waals surface area contributed by atoms with E-state index in [0.717, 1.165) is 11.3 Å². The van der Waals surface area contributed by atoms with Crippen LogP contribution in [-0.4, -0.2) is 26.4 Å². The molecule has 0 atom stereocenters. The van der Waals surface area contributed by atoms with Crippen LogP contribution >= 0.6 is 0 Å². The zero-order valence-electron chi connectivity index (χ0n) is 14.1. The third-order valence-electron chi connectivity index (χ3n) is 3.19. The molecule has 0 saturated heterocycles. The number of ether oxygens (including phenoxy) is 3. The molecule has 2 aromatic carbocycles. The van der Waals surface area contributed by atoms with Gasteiger partial charge >= 0.3 is 5.97 Å². The van der Waals surface area contributed by atoms with Crippen molar-refractivity contribution in [2.45, 2.75) is 13.8 Å². The van der Waals surface area contributed by atoms with Gasteiger partial charge in [0.1, 0.15) is 0 Å². The molecule has 0 saturated carbocycles. The summed E-state index contributed by atoms with van der Waals surface area (Å²) in [7, 11) is 2.99. The van der Waals surface area contributed by atoms with Crippen molar-refractivity contribution < 1.29 is 19.0 Å². The molecule has 0 fully saturated rings. The molecule has 6 nitrogen and oxygen atoms in total. The Morgan fingerprint density at radius 3 is 2.17 bits per heavy atom. The van der Waals surface area contributed by atoms with Gasteiger partial charge in [-0.05, 0) is 31.2 Å². The maximum atomic E-state index is 11.2. The number of hydrogen-bond donors (Lipinski definition) is 1. The van der Waals surface area contributed by atoms with Crippen molar-refractivity contribution in [1.29, 1.82) is 0 Å². The van der Waals surface area contributed by atoms with Crippen LogP contribution in [0.25, 0.3) is 0 Å². The molecule has 2 rings (SSSR count). The molecule has 0 spiro atoms. The minimum Gasteiger partial charge on any atom is -0.493 e. The molecule has 0 unspecified atom stereocenters. The van der Waals surface area contributed by atoms with Gasteiger partial charge in [0.15, 0.2) is 11.5 Å². The van der Waals surface area contributed by atoms with Crippen molar-refractivity contribution in [2.24, 2.45) is 5.10 Å². The molecule has 0 aliphatic heterocycles. The molecular formula is C18H20N2O4. The number of anilines is 1. The number of aryl methyl sites for hydroxylation is 1. The summed E-state index contributed by atoms with van der Waals surface area (Å²) in [6.45, 7) is 3.34. The zero-order valence-corrected chi connectivity index (χ0v) is 14.1. The summed E-state index contributed by atoms with van der Waals surface area (Å²) in [5, 5.41) is 4.19. The number of nitrogens with one attached hydrogen (secondary N) is 1. The first-order valence-electron chi connectivity index (χ1n) is 7.33. The Hall–Kier alpha value is -3.02. The van der Waals surface area contributed by atoms with Crippen molar-refractivity contribution >= 4 is 17.9 Å². The van der Waals surface area contributed by atoms with Gasteiger partial charge in [-0.15, -0.1) is 0 Å². The van der Waals surface area contributed by atoms with Gasteiger partial charge in [0.25, 0.3) is 0 Å². The topological polar surface area (TPSA) is 69.2 Å². The van der Waals surface area contributed by atoms with Crippen molar-refractivity contribution in [1.82, 2.24) is 0 Å². The number of rotatable bonds is 6. The molecule has 0 radical (unpaired) electrons. The third-order valence-corrected chi connectivity index (χ3v) is 3.19. The Morgan fingerprint density at radius 1 is 1.08 bits per heavy atom. The van der Waals surface area contributed by atoms with E-state index in [2.05, 4.69) is 10.5 Å². The quantitative estimate of drug-likeness (QED) is 0.381. The van der Waals surface area contributed by atoms with Crippen LogP contribution < -0.4 is 19.6 Å². The second-order valence-electron chi connectivity index (χ2n) is 5.08. The highest BCUT2D eigenvalue weighted by Crippen LogP contribution is 2.38. The number of nitrogens with zero attached hydrogens (tertiary/aromatic N) is 1. The Labute approximate surface area is 141 Å². The molecule has 24 heavy (non-hydrogen) atoms. The van der Waals surface area contributed by atoms with Crippen LogP contribution in [-0.2, 0) is 4.79 Å². The summed E-state index contributed by atoms with van der Waals surface area (Å²) in [6, 6.07) is 11.3. The average Bonchev–Trinajstić information content (AvgIpc) is 2.57. The zero-order chi connectivity index (χ0) is 17.5. The largest absolute Gasteiger partial charge is 0.493 e. The highest BCUT2D eigenvalue weighted by atomic mass is 16.6. The van der Waals surface area contributed by atoms with E-state index in [-0.39, 0.29) is 5.75 Å². The maximum Gasteiger partial charge on any atom is 0.308 e. The summed E-state index contributed by atoms with van der Waals surface area (Å²) in [4.78, 5) is 11.2. The van der Waals surface area contributed by atoms with E-state index >= 15 is 0 Å². The molecule has 126 valence electrons. The summed E-state index contributed by atoms with van der Waals surface area (Å²) in [5.41, 5.74) is 5.74. The lowest BCUT2D eigenvalue weighted by molar-refractivity contribution is -0.132. The standard InChI is InChI=1S/C18H20N2O4/c1-12-5-7-15(8-6-12)20-19-11-14-9-16(22-3)18(24-13(2)21)17(10-14)23-4/h5-11,20H,1-4H3/b19-11-. The highest BCUT2D eigenvalue weighted by Gasteiger charge is 2.15. The van der Waals surface area contributed by atoms with Crippen molar-refractivity contribution in [2.75, 3.05) is 19.6 Å². The molecule has 2 aromatic rings. The third kappa shape index (κ3) is 4.49. The molecular weight excluding hydrogens is 308 g/mol. The number of hydrogen-bond acceptors (Lipinski definition) is 6. The van der Waals surface area contributed by atoms with E-state index in [1.807, 2.05) is 31.2 Å². The predicted molar refractivity (Wildman–Crippen MR) is 93.3 cm³/mol. The fourth-order valence-corrected chi connectivity index (χ4v) is 2.03. The fraction of sp³-hybridized carbons (Fsp3) is 0.222. The summed E-state index contributed by atoms with van der Waals surface area (Å²) >= 11 is 0. The van der Waals surface area contributed by atoms with Gasteiger partial charge in [0.05, 0.1) is 26.1 Å². The molecule has 0 amide bonds. The lowest BCUT2D eigenvalue weighted by Crippen LogP contribution is -2.05. The van der Waals surface area contributed by atoms with E-state index in [1.165, 1.54) is 26.7 Å². The van der Waals surface area contributed by atoms with Gasteiger partial charge in [-0.3, -0.25) is 10.2 Å². The first-order valence-corrected chi connectivity index (χ1v) is 7.33. The first kappa shape index (κ1) is 17.3. The van der Waals surface area contributed by atoms with Crippen molar-refractivity contribution in [3.05, 3.63) is 47.5 Å². The minimum atomic E-state index is -0.450. The molecule has 0 aromatic heterocycles. The molecule has 0 heterocycles.